The largest absolute Gasteiger partial charge is 0.461 e. The molecule has 0 aliphatic carbocycles. The van der Waals surface area contributed by atoms with E-state index >= 15 is 0 Å². The molecular formula is C15H18O4S. The van der Waals surface area contributed by atoms with E-state index in [4.69, 9.17) is 14.2 Å². The molecule has 0 bridgehead atoms. The van der Waals surface area contributed by atoms with Crippen LogP contribution < -0.4 is 0 Å². The van der Waals surface area contributed by atoms with Crippen LogP contribution in [0.5, 0.6) is 0 Å². The number of benzene rings is 1. The predicted molar refractivity (Wildman–Crippen MR) is 76.8 cm³/mol. The van der Waals surface area contributed by atoms with Crippen molar-refractivity contribution in [2.45, 2.75) is 37.1 Å². The number of carbonyl (C=O) groups excluding carboxylic acids is 1. The molecule has 2 aliphatic rings. The maximum absolute atomic E-state index is 11.9. The zero-order valence-electron chi connectivity index (χ0n) is 11.6. The van der Waals surface area contributed by atoms with Gasteiger partial charge in [-0.05, 0) is 26.0 Å². The second kappa shape index (κ2) is 5.39. The van der Waals surface area contributed by atoms with Gasteiger partial charge in [-0.1, -0.05) is 18.2 Å². The molecule has 20 heavy (non-hydrogen) atoms. The Balaban J connectivity index is 1.56. The molecule has 1 aromatic carbocycles. The summed E-state index contributed by atoms with van der Waals surface area (Å²) in [5, 5.41) is 0.148. The summed E-state index contributed by atoms with van der Waals surface area (Å²) in [5.74, 6) is 0.0763. The van der Waals surface area contributed by atoms with Gasteiger partial charge in [0.05, 0.1) is 16.9 Å². The van der Waals surface area contributed by atoms with Crippen molar-refractivity contribution in [2.24, 2.45) is 0 Å². The SMILES string of the molecule is CC1(C)O[C@H]2[C@H](CS[C@@H]2COC(=O)c2ccccc2)O1. The molecular weight excluding hydrogens is 276 g/mol. The highest BCUT2D eigenvalue weighted by Gasteiger charge is 2.49. The third-order valence-electron chi connectivity index (χ3n) is 3.45. The van der Waals surface area contributed by atoms with Gasteiger partial charge in [0.25, 0.3) is 0 Å². The van der Waals surface area contributed by atoms with Gasteiger partial charge in [-0.15, -0.1) is 11.8 Å². The van der Waals surface area contributed by atoms with E-state index in [0.717, 1.165) is 5.75 Å². The van der Waals surface area contributed by atoms with Crippen LogP contribution >= 0.6 is 11.8 Å². The van der Waals surface area contributed by atoms with E-state index in [1.54, 1.807) is 23.9 Å². The van der Waals surface area contributed by atoms with Gasteiger partial charge >= 0.3 is 5.97 Å². The first-order valence-electron chi connectivity index (χ1n) is 6.74. The highest BCUT2D eigenvalue weighted by atomic mass is 32.2. The molecule has 0 aromatic heterocycles. The van der Waals surface area contributed by atoms with Gasteiger partial charge in [0.15, 0.2) is 5.79 Å². The van der Waals surface area contributed by atoms with Gasteiger partial charge in [0.2, 0.25) is 0 Å². The summed E-state index contributed by atoms with van der Waals surface area (Å²) in [7, 11) is 0. The zero-order valence-corrected chi connectivity index (χ0v) is 12.4. The molecule has 0 amide bonds. The monoisotopic (exact) mass is 294 g/mol. The number of hydrogen-bond donors (Lipinski definition) is 0. The summed E-state index contributed by atoms with van der Waals surface area (Å²) in [6, 6.07) is 9.04. The standard InChI is InChI=1S/C15H18O4S/c1-15(2)18-11-9-20-12(13(11)19-15)8-17-14(16)10-6-4-3-5-7-10/h3-7,11-13H,8-9H2,1-2H3/t11-,12+,13-/m0/s1. The lowest BCUT2D eigenvalue weighted by Crippen LogP contribution is -2.31. The second-order valence-electron chi connectivity index (χ2n) is 5.47. The lowest BCUT2D eigenvalue weighted by atomic mass is 10.2. The molecule has 2 saturated heterocycles. The topological polar surface area (TPSA) is 44.8 Å². The van der Waals surface area contributed by atoms with Gasteiger partial charge in [-0.2, -0.15) is 0 Å². The molecule has 2 fully saturated rings. The molecule has 4 nitrogen and oxygen atoms in total. The molecule has 2 heterocycles. The summed E-state index contributed by atoms with van der Waals surface area (Å²) in [4.78, 5) is 11.9. The average molecular weight is 294 g/mol. The lowest BCUT2D eigenvalue weighted by molar-refractivity contribution is -0.146. The van der Waals surface area contributed by atoms with E-state index in [1.165, 1.54) is 0 Å². The van der Waals surface area contributed by atoms with Crippen LogP contribution in [0.2, 0.25) is 0 Å². The van der Waals surface area contributed by atoms with E-state index in [-0.39, 0.29) is 23.4 Å². The summed E-state index contributed by atoms with van der Waals surface area (Å²) in [6.45, 7) is 4.20. The molecule has 0 N–H and O–H groups in total. The van der Waals surface area contributed by atoms with Crippen molar-refractivity contribution in [2.75, 3.05) is 12.4 Å². The third kappa shape index (κ3) is 2.85. The summed E-state index contributed by atoms with van der Waals surface area (Å²) >= 11 is 1.75. The number of fused-ring (bicyclic) bond motifs is 1. The van der Waals surface area contributed by atoms with Crippen molar-refractivity contribution in [3.63, 3.8) is 0 Å². The van der Waals surface area contributed by atoms with Crippen molar-refractivity contribution in [3.05, 3.63) is 35.9 Å². The van der Waals surface area contributed by atoms with Crippen LogP contribution in [-0.4, -0.2) is 41.6 Å². The van der Waals surface area contributed by atoms with Gasteiger partial charge in [0.1, 0.15) is 12.7 Å². The molecule has 108 valence electrons. The van der Waals surface area contributed by atoms with Crippen LogP contribution in [0.15, 0.2) is 30.3 Å². The summed E-state index contributed by atoms with van der Waals surface area (Å²) < 4.78 is 17.1. The molecule has 0 unspecified atom stereocenters. The Labute approximate surface area is 122 Å². The van der Waals surface area contributed by atoms with Gasteiger partial charge < -0.3 is 14.2 Å². The fourth-order valence-corrected chi connectivity index (χ4v) is 3.86. The molecule has 0 saturated carbocycles. The van der Waals surface area contributed by atoms with E-state index in [2.05, 4.69) is 0 Å². The smallest absolute Gasteiger partial charge is 0.338 e. The minimum absolute atomic E-state index is 0.0126. The molecule has 0 spiro atoms. The number of thioether (sulfide) groups is 1. The minimum Gasteiger partial charge on any atom is -0.461 e. The second-order valence-corrected chi connectivity index (χ2v) is 6.75. The highest BCUT2D eigenvalue weighted by Crippen LogP contribution is 2.41. The van der Waals surface area contributed by atoms with E-state index in [1.807, 2.05) is 32.0 Å². The first kappa shape index (κ1) is 13.9. The highest BCUT2D eigenvalue weighted by molar-refractivity contribution is 8.00. The number of ether oxygens (including phenoxy) is 3. The van der Waals surface area contributed by atoms with Crippen molar-refractivity contribution in [1.29, 1.82) is 0 Å². The zero-order chi connectivity index (χ0) is 14.2. The van der Waals surface area contributed by atoms with Gasteiger partial charge in [-0.3, -0.25) is 0 Å². The normalized spacial score (nSPS) is 31.0. The Morgan fingerprint density at radius 3 is 2.85 bits per heavy atom. The number of rotatable bonds is 3. The predicted octanol–water partition coefficient (Wildman–Crippen LogP) is 2.48. The Bertz CT molecular complexity index is 488. The van der Waals surface area contributed by atoms with Crippen molar-refractivity contribution in [1.82, 2.24) is 0 Å². The van der Waals surface area contributed by atoms with Crippen molar-refractivity contribution in [3.8, 4) is 0 Å². The molecule has 5 heteroatoms. The maximum Gasteiger partial charge on any atom is 0.338 e. The summed E-state index contributed by atoms with van der Waals surface area (Å²) in [6.07, 6.45) is 0.119. The van der Waals surface area contributed by atoms with Gasteiger partial charge in [-0.25, -0.2) is 4.79 Å². The van der Waals surface area contributed by atoms with E-state index in [0.29, 0.717) is 12.2 Å². The number of carbonyl (C=O) groups is 1. The first-order valence-corrected chi connectivity index (χ1v) is 7.79. The molecule has 1 aromatic rings. The first-order chi connectivity index (χ1) is 9.55. The van der Waals surface area contributed by atoms with Gasteiger partial charge in [0, 0.05) is 5.75 Å². The van der Waals surface area contributed by atoms with E-state index in [9.17, 15) is 4.79 Å². The van der Waals surface area contributed by atoms with Crippen molar-refractivity contribution >= 4 is 17.7 Å². The Kier molecular flexibility index (Phi) is 3.75. The number of esters is 1. The van der Waals surface area contributed by atoms with Crippen LogP contribution in [0.3, 0.4) is 0 Å². The van der Waals surface area contributed by atoms with E-state index < -0.39 is 5.79 Å². The Morgan fingerprint density at radius 1 is 1.35 bits per heavy atom. The van der Waals surface area contributed by atoms with Crippen LogP contribution in [0, 0.1) is 0 Å². The fourth-order valence-electron chi connectivity index (χ4n) is 2.58. The van der Waals surface area contributed by atoms with Crippen LogP contribution in [0.1, 0.15) is 24.2 Å². The third-order valence-corrected chi connectivity index (χ3v) is 4.80. The maximum atomic E-state index is 11.9. The lowest BCUT2D eigenvalue weighted by Gasteiger charge is -2.21. The molecule has 3 atom stereocenters. The quantitative estimate of drug-likeness (QED) is 0.801. The summed E-state index contributed by atoms with van der Waals surface area (Å²) in [5.41, 5.74) is 0.580. The van der Waals surface area contributed by atoms with Crippen LogP contribution in [0.25, 0.3) is 0 Å². The molecule has 3 rings (SSSR count). The fraction of sp³-hybridized carbons (Fsp3) is 0.533. The van der Waals surface area contributed by atoms with Crippen LogP contribution in [0.4, 0.5) is 0 Å². The Hall–Kier alpha value is -1.04. The number of hydrogen-bond acceptors (Lipinski definition) is 5. The minimum atomic E-state index is -0.530. The molecule has 2 aliphatic heterocycles. The van der Waals surface area contributed by atoms with Crippen molar-refractivity contribution < 1.29 is 19.0 Å². The average Bonchev–Trinajstić information content (AvgIpc) is 2.92. The van der Waals surface area contributed by atoms with Crippen LogP contribution in [-0.2, 0) is 14.2 Å². The Morgan fingerprint density at radius 2 is 2.10 bits per heavy atom. The molecule has 0 radical (unpaired) electrons.